The molecule has 0 spiro atoms. The fraction of sp³-hybridized carbons (Fsp3) is 0.273. The molecule has 4 nitrogen and oxygen atoms in total. The van der Waals surface area contributed by atoms with Crippen molar-refractivity contribution in [2.24, 2.45) is 4.99 Å². The summed E-state index contributed by atoms with van der Waals surface area (Å²) in [5.41, 5.74) is 3.32. The number of carbonyl (C=O) groups is 1. The van der Waals surface area contributed by atoms with Crippen molar-refractivity contribution < 1.29 is 9.53 Å². The van der Waals surface area contributed by atoms with Gasteiger partial charge in [0.1, 0.15) is 12.4 Å². The zero-order valence-corrected chi connectivity index (χ0v) is 16.2. The van der Waals surface area contributed by atoms with E-state index in [-0.39, 0.29) is 5.91 Å². The van der Waals surface area contributed by atoms with Gasteiger partial charge >= 0.3 is 0 Å². The molecule has 27 heavy (non-hydrogen) atoms. The van der Waals surface area contributed by atoms with Gasteiger partial charge in [-0.05, 0) is 60.9 Å². The van der Waals surface area contributed by atoms with Crippen LogP contribution < -0.4 is 4.74 Å². The van der Waals surface area contributed by atoms with Crippen LogP contribution in [0.2, 0.25) is 0 Å². The molecule has 2 heterocycles. The van der Waals surface area contributed by atoms with Crippen LogP contribution in [0.25, 0.3) is 6.08 Å². The van der Waals surface area contributed by atoms with Crippen LogP contribution in [0.15, 0.2) is 58.4 Å². The predicted molar refractivity (Wildman–Crippen MR) is 111 cm³/mol. The highest BCUT2D eigenvalue weighted by Crippen LogP contribution is 2.32. The number of hydrogen-bond acceptors (Lipinski definition) is 4. The quantitative estimate of drug-likeness (QED) is 0.727. The van der Waals surface area contributed by atoms with Gasteiger partial charge in [-0.3, -0.25) is 4.79 Å². The highest BCUT2D eigenvalue weighted by atomic mass is 32.2. The fourth-order valence-electron chi connectivity index (χ4n) is 3.14. The van der Waals surface area contributed by atoms with E-state index in [9.17, 15) is 4.79 Å². The van der Waals surface area contributed by atoms with Crippen LogP contribution in [0.4, 0.5) is 0 Å². The summed E-state index contributed by atoms with van der Waals surface area (Å²) in [5, 5.41) is 0.843. The molecular formula is C22H22N2O2S. The lowest BCUT2D eigenvalue weighted by Gasteiger charge is -2.14. The molecule has 0 atom stereocenters. The molecule has 0 unspecified atom stereocenters. The number of thioether (sulfide) groups is 1. The van der Waals surface area contributed by atoms with Crippen LogP contribution in [0, 0.1) is 6.92 Å². The number of aliphatic imine (C=N–C) groups is 1. The second-order valence-electron chi connectivity index (χ2n) is 6.85. The number of ether oxygens (including phenoxy) is 1. The van der Waals surface area contributed by atoms with Gasteiger partial charge in [0.25, 0.3) is 5.91 Å². The summed E-state index contributed by atoms with van der Waals surface area (Å²) >= 11 is 1.47. The van der Waals surface area contributed by atoms with Crippen molar-refractivity contribution in [1.82, 2.24) is 4.90 Å². The molecular weight excluding hydrogens is 356 g/mol. The normalized spacial score (nSPS) is 18.3. The lowest BCUT2D eigenvalue weighted by atomic mass is 10.1. The third-order valence-electron chi connectivity index (χ3n) is 4.67. The van der Waals surface area contributed by atoms with Crippen molar-refractivity contribution in [1.29, 1.82) is 0 Å². The minimum atomic E-state index is -0.145. The molecule has 0 bridgehead atoms. The molecule has 0 radical (unpaired) electrons. The van der Waals surface area contributed by atoms with E-state index in [4.69, 9.17) is 4.74 Å². The summed E-state index contributed by atoms with van der Waals surface area (Å²) in [7, 11) is 0. The third kappa shape index (κ3) is 4.42. The number of amides is 1. The van der Waals surface area contributed by atoms with Crippen molar-refractivity contribution in [2.75, 3.05) is 13.1 Å². The molecule has 2 aromatic rings. The SMILES string of the molecule is Cc1ccc(COc2cccc(/C=C3\SC(N4CCCC4)=NC3=O)c2)cc1. The average molecular weight is 378 g/mol. The van der Waals surface area contributed by atoms with Crippen LogP contribution >= 0.6 is 11.8 Å². The van der Waals surface area contributed by atoms with E-state index in [2.05, 4.69) is 41.1 Å². The van der Waals surface area contributed by atoms with Crippen molar-refractivity contribution in [3.05, 3.63) is 70.1 Å². The van der Waals surface area contributed by atoms with Crippen LogP contribution in [-0.2, 0) is 11.4 Å². The molecule has 1 amide bonds. The van der Waals surface area contributed by atoms with Gasteiger partial charge in [0.15, 0.2) is 5.17 Å². The Morgan fingerprint density at radius 2 is 1.93 bits per heavy atom. The first-order chi connectivity index (χ1) is 13.2. The highest BCUT2D eigenvalue weighted by Gasteiger charge is 2.27. The van der Waals surface area contributed by atoms with Crippen LogP contribution in [-0.4, -0.2) is 29.1 Å². The summed E-state index contributed by atoms with van der Waals surface area (Å²) in [5.74, 6) is 0.647. The number of hydrogen-bond donors (Lipinski definition) is 0. The Bertz CT molecular complexity index is 897. The lowest BCUT2D eigenvalue weighted by Crippen LogP contribution is -2.23. The Labute approximate surface area is 163 Å². The van der Waals surface area contributed by atoms with E-state index < -0.39 is 0 Å². The van der Waals surface area contributed by atoms with Crippen molar-refractivity contribution in [2.45, 2.75) is 26.4 Å². The van der Waals surface area contributed by atoms with E-state index in [0.29, 0.717) is 11.5 Å². The zero-order chi connectivity index (χ0) is 18.6. The molecule has 2 aliphatic rings. The summed E-state index contributed by atoms with van der Waals surface area (Å²) in [4.78, 5) is 19.3. The Hall–Kier alpha value is -2.53. The molecule has 138 valence electrons. The molecule has 5 heteroatoms. The van der Waals surface area contributed by atoms with Crippen molar-refractivity contribution in [3.8, 4) is 5.75 Å². The van der Waals surface area contributed by atoms with E-state index in [0.717, 1.165) is 35.1 Å². The Kier molecular flexibility index (Phi) is 5.30. The number of aryl methyl sites for hydroxylation is 1. The van der Waals surface area contributed by atoms with Gasteiger partial charge in [-0.15, -0.1) is 0 Å². The Balaban J connectivity index is 1.42. The third-order valence-corrected chi connectivity index (χ3v) is 5.71. The highest BCUT2D eigenvalue weighted by molar-refractivity contribution is 8.18. The molecule has 0 N–H and O–H groups in total. The standard InChI is InChI=1S/C22H22N2O2S/c1-16-7-9-17(10-8-16)15-26-19-6-4-5-18(13-19)14-20-21(25)23-22(27-20)24-11-2-3-12-24/h4-10,13-14H,2-3,11-12,15H2,1H3/b20-14-. The van der Waals surface area contributed by atoms with Gasteiger partial charge < -0.3 is 9.64 Å². The van der Waals surface area contributed by atoms with Gasteiger partial charge in [-0.2, -0.15) is 4.99 Å². The van der Waals surface area contributed by atoms with Crippen LogP contribution in [0.5, 0.6) is 5.75 Å². The smallest absolute Gasteiger partial charge is 0.286 e. The largest absolute Gasteiger partial charge is 0.489 e. The molecule has 2 aliphatic heterocycles. The van der Waals surface area contributed by atoms with Gasteiger partial charge in [0.05, 0.1) is 4.91 Å². The van der Waals surface area contributed by atoms with E-state index in [1.807, 2.05) is 30.3 Å². The topological polar surface area (TPSA) is 41.9 Å². The number of carbonyl (C=O) groups excluding carboxylic acids is 1. The fourth-order valence-corrected chi connectivity index (χ4v) is 4.10. The van der Waals surface area contributed by atoms with Gasteiger partial charge in [0.2, 0.25) is 0 Å². The van der Waals surface area contributed by atoms with Crippen LogP contribution in [0.3, 0.4) is 0 Å². The molecule has 1 saturated heterocycles. The van der Waals surface area contributed by atoms with Gasteiger partial charge in [-0.1, -0.05) is 42.0 Å². The van der Waals surface area contributed by atoms with Crippen LogP contribution in [0.1, 0.15) is 29.5 Å². The molecule has 0 saturated carbocycles. The summed E-state index contributed by atoms with van der Waals surface area (Å²) in [6.45, 7) is 4.59. The predicted octanol–water partition coefficient (Wildman–Crippen LogP) is 4.64. The maximum atomic E-state index is 12.2. The Morgan fingerprint density at radius 1 is 1.15 bits per heavy atom. The van der Waals surface area contributed by atoms with E-state index in [1.54, 1.807) is 0 Å². The summed E-state index contributed by atoms with van der Waals surface area (Å²) < 4.78 is 5.91. The number of rotatable bonds is 4. The maximum Gasteiger partial charge on any atom is 0.286 e. The van der Waals surface area contributed by atoms with Crippen molar-refractivity contribution in [3.63, 3.8) is 0 Å². The first kappa shape index (κ1) is 17.9. The monoisotopic (exact) mass is 378 g/mol. The number of benzene rings is 2. The molecule has 0 aromatic heterocycles. The first-order valence-corrected chi connectivity index (χ1v) is 10.0. The summed E-state index contributed by atoms with van der Waals surface area (Å²) in [6.07, 6.45) is 4.25. The minimum Gasteiger partial charge on any atom is -0.489 e. The average Bonchev–Trinajstić information content (AvgIpc) is 3.32. The van der Waals surface area contributed by atoms with E-state index >= 15 is 0 Å². The molecule has 4 rings (SSSR count). The molecule has 2 aromatic carbocycles. The lowest BCUT2D eigenvalue weighted by molar-refractivity contribution is -0.113. The maximum absolute atomic E-state index is 12.2. The zero-order valence-electron chi connectivity index (χ0n) is 15.4. The number of likely N-dealkylation sites (tertiary alicyclic amines) is 1. The van der Waals surface area contributed by atoms with Gasteiger partial charge in [0, 0.05) is 13.1 Å². The Morgan fingerprint density at radius 3 is 2.70 bits per heavy atom. The molecule has 1 fully saturated rings. The number of nitrogens with zero attached hydrogens (tertiary/aromatic N) is 2. The van der Waals surface area contributed by atoms with Crippen molar-refractivity contribution >= 4 is 28.9 Å². The number of amidine groups is 1. The van der Waals surface area contributed by atoms with Gasteiger partial charge in [-0.25, -0.2) is 0 Å². The second kappa shape index (κ2) is 8.01. The van der Waals surface area contributed by atoms with E-state index in [1.165, 1.54) is 30.2 Å². The molecule has 0 aliphatic carbocycles. The summed E-state index contributed by atoms with van der Waals surface area (Å²) in [6, 6.07) is 16.1. The second-order valence-corrected chi connectivity index (χ2v) is 7.86. The minimum absolute atomic E-state index is 0.145. The first-order valence-electron chi connectivity index (χ1n) is 9.23.